The van der Waals surface area contributed by atoms with Crippen LogP contribution >= 0.6 is 12.2 Å². The van der Waals surface area contributed by atoms with E-state index in [1.165, 1.54) is 12.1 Å². The Hall–Kier alpha value is -4.12. The topological polar surface area (TPSA) is 92.9 Å². The zero-order valence-corrected chi connectivity index (χ0v) is 20.6. The van der Waals surface area contributed by atoms with Crippen LogP contribution in [0.15, 0.2) is 67.4 Å². The Labute approximate surface area is 212 Å². The second kappa shape index (κ2) is 9.86. The van der Waals surface area contributed by atoms with Crippen LogP contribution in [0.4, 0.5) is 10.1 Å². The highest BCUT2D eigenvalue weighted by molar-refractivity contribution is 7.80. The number of carbonyl (C=O) groups is 1. The lowest BCUT2D eigenvalue weighted by Crippen LogP contribution is -2.33. The number of nitrogens with one attached hydrogen (secondary N) is 2. The third-order valence-corrected chi connectivity index (χ3v) is 6.67. The minimum Gasteiger partial charge on any atom is -0.352 e. The van der Waals surface area contributed by atoms with Gasteiger partial charge < -0.3 is 15.5 Å². The number of pyridine rings is 1. The summed E-state index contributed by atoms with van der Waals surface area (Å²) in [6, 6.07) is 13.5. The van der Waals surface area contributed by atoms with E-state index < -0.39 is 5.82 Å². The fourth-order valence-electron chi connectivity index (χ4n) is 4.71. The summed E-state index contributed by atoms with van der Waals surface area (Å²) in [6.45, 7) is 4.39. The van der Waals surface area contributed by atoms with Crippen molar-refractivity contribution in [2.24, 2.45) is 0 Å². The molecule has 0 aliphatic carbocycles. The van der Waals surface area contributed by atoms with E-state index in [9.17, 15) is 9.18 Å². The maximum atomic E-state index is 14.0. The highest BCUT2D eigenvalue weighted by Crippen LogP contribution is 2.40. The predicted octanol–water partition coefficient (Wildman–Crippen LogP) is 3.54. The summed E-state index contributed by atoms with van der Waals surface area (Å²) >= 11 is 5.72. The summed E-state index contributed by atoms with van der Waals surface area (Å²) in [5, 5.41) is 14.5. The molecule has 4 aromatic rings. The molecule has 0 radical (unpaired) electrons. The first-order valence-corrected chi connectivity index (χ1v) is 11.9. The third-order valence-electron chi connectivity index (χ3n) is 6.32. The Morgan fingerprint density at radius 1 is 1.14 bits per heavy atom. The minimum atomic E-state index is -0.473. The standard InChI is InChI=1S/C25H25FN8OS/c1-16-13-18(17(2)34(16)32-14-28-29-15-32)24-23(21-9-5-6-11-27-21)31-25(36)33(24)12-10-22(35)30-20-8-4-3-7-19(20)26/h3-9,11,13-15,23-24H,10,12H2,1-2H3,(H,30,35)(H,31,36)/t23-,24-/m1/s1. The zero-order valence-electron chi connectivity index (χ0n) is 19.8. The largest absolute Gasteiger partial charge is 0.352 e. The van der Waals surface area contributed by atoms with Crippen LogP contribution in [0.3, 0.4) is 0 Å². The summed E-state index contributed by atoms with van der Waals surface area (Å²) in [6.07, 6.45) is 5.17. The SMILES string of the molecule is Cc1cc([C@@H]2[C@@H](c3ccccn3)NC(=S)N2CCC(=O)Nc2ccccc2F)c(C)n1-n1cnnc1. The second-order valence-corrected chi connectivity index (χ2v) is 8.96. The minimum absolute atomic E-state index is 0.131. The molecule has 11 heteroatoms. The molecule has 1 aliphatic rings. The number of anilines is 1. The lowest BCUT2D eigenvalue weighted by Gasteiger charge is -2.28. The fraction of sp³-hybridized carbons (Fsp3) is 0.240. The monoisotopic (exact) mass is 504 g/mol. The Balaban J connectivity index is 1.46. The van der Waals surface area contributed by atoms with Crippen LogP contribution < -0.4 is 10.6 Å². The van der Waals surface area contributed by atoms with Crippen molar-refractivity contribution in [1.82, 2.24) is 34.8 Å². The van der Waals surface area contributed by atoms with Gasteiger partial charge in [-0.15, -0.1) is 10.2 Å². The van der Waals surface area contributed by atoms with Gasteiger partial charge >= 0.3 is 0 Å². The first-order chi connectivity index (χ1) is 17.4. The number of hydrogen-bond acceptors (Lipinski definition) is 5. The Morgan fingerprint density at radius 3 is 2.61 bits per heavy atom. The van der Waals surface area contributed by atoms with Gasteiger partial charge in [-0.3, -0.25) is 14.5 Å². The van der Waals surface area contributed by atoms with E-state index in [2.05, 4.69) is 31.9 Å². The summed E-state index contributed by atoms with van der Waals surface area (Å²) in [4.78, 5) is 19.3. The summed E-state index contributed by atoms with van der Waals surface area (Å²) in [5.74, 6) is -0.767. The number of amides is 1. The van der Waals surface area contributed by atoms with Crippen molar-refractivity contribution in [3.8, 4) is 0 Å². The molecule has 3 aromatic heterocycles. The quantitative estimate of drug-likeness (QED) is 0.372. The van der Waals surface area contributed by atoms with Gasteiger partial charge in [-0.2, -0.15) is 0 Å². The molecule has 0 bridgehead atoms. The number of halogens is 1. The third kappa shape index (κ3) is 4.44. The normalized spacial score (nSPS) is 17.3. The molecule has 5 rings (SSSR count). The van der Waals surface area contributed by atoms with Crippen molar-refractivity contribution in [2.75, 3.05) is 11.9 Å². The highest BCUT2D eigenvalue weighted by Gasteiger charge is 2.41. The smallest absolute Gasteiger partial charge is 0.226 e. The molecule has 1 fully saturated rings. The number of thiocarbonyl (C=S) groups is 1. The van der Waals surface area contributed by atoms with Crippen LogP contribution in [0.2, 0.25) is 0 Å². The number of hydrogen-bond donors (Lipinski definition) is 2. The number of nitrogens with zero attached hydrogens (tertiary/aromatic N) is 6. The van der Waals surface area contributed by atoms with Gasteiger partial charge in [0, 0.05) is 36.1 Å². The van der Waals surface area contributed by atoms with Crippen molar-refractivity contribution in [3.05, 3.63) is 95.8 Å². The van der Waals surface area contributed by atoms with Gasteiger partial charge in [0.1, 0.15) is 18.5 Å². The van der Waals surface area contributed by atoms with Gasteiger partial charge in [0.05, 0.1) is 23.5 Å². The molecule has 1 saturated heterocycles. The van der Waals surface area contributed by atoms with Crippen LogP contribution in [-0.2, 0) is 4.79 Å². The number of carbonyl (C=O) groups excluding carboxylic acids is 1. The van der Waals surface area contributed by atoms with Gasteiger partial charge in [0.2, 0.25) is 5.91 Å². The highest BCUT2D eigenvalue weighted by atomic mass is 32.1. The predicted molar refractivity (Wildman–Crippen MR) is 137 cm³/mol. The average molecular weight is 505 g/mol. The number of aryl methyl sites for hydroxylation is 1. The molecule has 1 aliphatic heterocycles. The number of rotatable bonds is 7. The van der Waals surface area contributed by atoms with E-state index >= 15 is 0 Å². The number of benzene rings is 1. The van der Waals surface area contributed by atoms with Gasteiger partial charge in [0.25, 0.3) is 0 Å². The van der Waals surface area contributed by atoms with E-state index in [0.29, 0.717) is 11.7 Å². The number of para-hydroxylation sites is 1. The fourth-order valence-corrected chi connectivity index (χ4v) is 5.04. The first kappa shape index (κ1) is 23.6. The summed E-state index contributed by atoms with van der Waals surface area (Å²) < 4.78 is 17.8. The molecule has 4 heterocycles. The van der Waals surface area contributed by atoms with Crippen molar-refractivity contribution < 1.29 is 9.18 Å². The molecule has 0 saturated carbocycles. The molecule has 2 atom stereocenters. The van der Waals surface area contributed by atoms with Crippen LogP contribution in [-0.4, -0.2) is 47.0 Å². The molecule has 9 nitrogen and oxygen atoms in total. The van der Waals surface area contributed by atoms with Crippen LogP contribution in [0, 0.1) is 19.7 Å². The maximum Gasteiger partial charge on any atom is 0.226 e. The first-order valence-electron chi connectivity index (χ1n) is 11.5. The van der Waals surface area contributed by atoms with Crippen LogP contribution in [0.1, 0.15) is 41.1 Å². The summed E-state index contributed by atoms with van der Waals surface area (Å²) in [7, 11) is 0. The van der Waals surface area contributed by atoms with Gasteiger partial charge in [-0.25, -0.2) is 9.07 Å². The number of aromatic nitrogens is 5. The Bertz CT molecular complexity index is 1390. The van der Waals surface area contributed by atoms with Crippen molar-refractivity contribution >= 4 is 28.9 Å². The Kier molecular flexibility index (Phi) is 6.47. The molecule has 184 valence electrons. The lowest BCUT2D eigenvalue weighted by atomic mass is 9.96. The van der Waals surface area contributed by atoms with E-state index in [1.807, 2.05) is 46.3 Å². The molecule has 1 amide bonds. The molecular weight excluding hydrogens is 479 g/mol. The second-order valence-electron chi connectivity index (χ2n) is 8.58. The molecule has 2 N–H and O–H groups in total. The Morgan fingerprint density at radius 2 is 1.89 bits per heavy atom. The maximum absolute atomic E-state index is 14.0. The molecule has 0 spiro atoms. The van der Waals surface area contributed by atoms with E-state index in [1.54, 1.807) is 31.0 Å². The molecule has 1 aromatic carbocycles. The lowest BCUT2D eigenvalue weighted by molar-refractivity contribution is -0.116. The van der Waals surface area contributed by atoms with Crippen molar-refractivity contribution in [2.45, 2.75) is 32.4 Å². The van der Waals surface area contributed by atoms with Gasteiger partial charge in [-0.1, -0.05) is 18.2 Å². The van der Waals surface area contributed by atoms with Crippen molar-refractivity contribution in [1.29, 1.82) is 0 Å². The zero-order chi connectivity index (χ0) is 25.2. The van der Waals surface area contributed by atoms with Gasteiger partial charge in [-0.05, 0) is 56.4 Å². The average Bonchev–Trinajstić information content (AvgIpc) is 3.58. The summed E-state index contributed by atoms with van der Waals surface area (Å²) in [5.41, 5.74) is 4.03. The van der Waals surface area contributed by atoms with E-state index in [0.717, 1.165) is 22.6 Å². The molecular formula is C25H25FN8OS. The molecule has 36 heavy (non-hydrogen) atoms. The van der Waals surface area contributed by atoms with Crippen molar-refractivity contribution in [3.63, 3.8) is 0 Å². The van der Waals surface area contributed by atoms with E-state index in [-0.39, 0.29) is 30.1 Å². The van der Waals surface area contributed by atoms with Crippen LogP contribution in [0.25, 0.3) is 0 Å². The molecule has 0 unspecified atom stereocenters. The van der Waals surface area contributed by atoms with Gasteiger partial charge in [0.15, 0.2) is 5.11 Å². The van der Waals surface area contributed by atoms with E-state index in [4.69, 9.17) is 12.2 Å². The van der Waals surface area contributed by atoms with Crippen LogP contribution in [0.5, 0.6) is 0 Å².